The molecular formula is C41H58F12O10. The van der Waals surface area contributed by atoms with Crippen LogP contribution in [0.4, 0.5) is 52.7 Å². The van der Waals surface area contributed by atoms with E-state index in [1.54, 1.807) is 20.8 Å². The van der Waals surface area contributed by atoms with Gasteiger partial charge >= 0.3 is 42.6 Å². The van der Waals surface area contributed by atoms with Crippen molar-refractivity contribution >= 4 is 17.9 Å². The average Bonchev–Trinajstić information content (AvgIpc) is 3.12. The van der Waals surface area contributed by atoms with E-state index in [9.17, 15) is 82.4 Å². The van der Waals surface area contributed by atoms with Crippen molar-refractivity contribution in [2.75, 3.05) is 13.2 Å². The van der Waals surface area contributed by atoms with Crippen molar-refractivity contribution in [2.24, 2.45) is 39.9 Å². The fraction of sp³-hybridized carbons (Fsp3) is 0.927. The lowest BCUT2D eigenvalue weighted by Crippen LogP contribution is -2.67. The van der Waals surface area contributed by atoms with Gasteiger partial charge in [0.2, 0.25) is 0 Å². The third-order valence-corrected chi connectivity index (χ3v) is 14.5. The molecule has 6 atom stereocenters. The molecule has 5 aliphatic rings. The minimum absolute atomic E-state index is 0.0129. The lowest BCUT2D eigenvalue weighted by atomic mass is 9.52. The summed E-state index contributed by atoms with van der Waals surface area (Å²) < 4.78 is 184. The number of carbonyl (C=O) groups is 3. The zero-order valence-corrected chi connectivity index (χ0v) is 35.7. The Labute approximate surface area is 356 Å². The number of rotatable bonds is 17. The highest BCUT2D eigenvalue weighted by atomic mass is 19.4. The molecule has 0 aromatic rings. The molecule has 0 amide bonds. The topological polar surface area (TPSA) is 160 Å². The van der Waals surface area contributed by atoms with E-state index in [1.807, 2.05) is 0 Å². The molecule has 5 fully saturated rings. The third-order valence-electron chi connectivity index (χ3n) is 14.5. The van der Waals surface area contributed by atoms with Crippen LogP contribution >= 0.6 is 0 Å². The second-order valence-electron chi connectivity index (χ2n) is 20.0. The largest absolute Gasteiger partial charge is 0.463 e. The molecule has 0 aliphatic heterocycles. The third kappa shape index (κ3) is 10.5. The van der Waals surface area contributed by atoms with Gasteiger partial charge in [-0.15, -0.1) is 0 Å². The quantitative estimate of drug-likeness (QED) is 0.0632. The van der Waals surface area contributed by atoms with E-state index in [2.05, 4.69) is 0 Å². The zero-order chi connectivity index (χ0) is 48.3. The number of alkyl halides is 12. The highest BCUT2D eigenvalue weighted by molar-refractivity contribution is 5.78. The monoisotopic (exact) mass is 938 g/mol. The van der Waals surface area contributed by atoms with Crippen molar-refractivity contribution in [1.82, 2.24) is 0 Å². The molecule has 10 nitrogen and oxygen atoms in total. The van der Waals surface area contributed by atoms with Crippen molar-refractivity contribution < 1.29 is 102 Å². The van der Waals surface area contributed by atoms with Gasteiger partial charge in [-0.2, -0.15) is 52.7 Å². The Morgan fingerprint density at radius 1 is 0.619 bits per heavy atom. The summed E-state index contributed by atoms with van der Waals surface area (Å²) >= 11 is 0. The van der Waals surface area contributed by atoms with Crippen LogP contribution in [0.5, 0.6) is 0 Å². The number of aliphatic hydroxyl groups excluding tert-OH is 1. The summed E-state index contributed by atoms with van der Waals surface area (Å²) in [5, 5.41) is 40.6. The number of carbonyl (C=O) groups excluding carboxylic acids is 3. The molecule has 0 heterocycles. The predicted molar refractivity (Wildman–Crippen MR) is 195 cm³/mol. The molecule has 4 N–H and O–H groups in total. The van der Waals surface area contributed by atoms with Gasteiger partial charge in [0.25, 0.3) is 11.2 Å². The summed E-state index contributed by atoms with van der Waals surface area (Å²) in [6.45, 7) is 6.53. The van der Waals surface area contributed by atoms with Crippen molar-refractivity contribution in [3.8, 4) is 0 Å². The molecule has 0 saturated heterocycles. The van der Waals surface area contributed by atoms with Crippen LogP contribution < -0.4 is 0 Å². The standard InChI is InChI=1S/C41H58F12O10/c1-6-32(4,29(56)62-27-16-25(36(59,38(42,43)44)39(45,46)47)15-26(17-27)37(60,40(48,49)50)41(51,52)53)8-7-9-33(5,11-10-31(2,3)28(55)61-13-12-54)30(57)63-35-20-23-14-24(21-35)19-34(58,18-23)22-35/h23-27,54,58-60H,6-22H2,1-5H3. The lowest BCUT2D eigenvalue weighted by molar-refractivity contribution is -0.405. The SMILES string of the molecule is CCC(C)(CCCC(C)(CCC(C)(C)C(=O)OCCO)C(=O)OC12CC3CC(CC(O)(C3)C1)C2)C(=O)OC1CC(C(O)(C(F)(F)F)C(F)(F)F)CC(C(O)(C(F)(F)F)C(F)(F)F)C1. The average molecular weight is 939 g/mol. The van der Waals surface area contributed by atoms with Crippen LogP contribution in [0.2, 0.25) is 0 Å². The number of hydrogen-bond acceptors (Lipinski definition) is 10. The van der Waals surface area contributed by atoms with E-state index in [1.165, 1.54) is 13.8 Å². The van der Waals surface area contributed by atoms with Crippen LogP contribution in [0, 0.1) is 39.9 Å². The van der Waals surface area contributed by atoms with Gasteiger partial charge in [-0.1, -0.05) is 13.3 Å². The summed E-state index contributed by atoms with van der Waals surface area (Å²) in [5.74, 6) is -9.58. The Hall–Kier alpha value is -2.59. The van der Waals surface area contributed by atoms with Crippen molar-refractivity contribution in [3.05, 3.63) is 0 Å². The molecule has 0 radical (unpaired) electrons. The van der Waals surface area contributed by atoms with Crippen LogP contribution in [0.25, 0.3) is 0 Å². The Bertz CT molecular complexity index is 1570. The summed E-state index contributed by atoms with van der Waals surface area (Å²) in [7, 11) is 0. The molecule has 5 saturated carbocycles. The molecule has 4 bridgehead atoms. The summed E-state index contributed by atoms with van der Waals surface area (Å²) in [4.78, 5) is 41.0. The van der Waals surface area contributed by atoms with E-state index >= 15 is 0 Å². The predicted octanol–water partition coefficient (Wildman–Crippen LogP) is 8.59. The van der Waals surface area contributed by atoms with E-state index in [0.29, 0.717) is 25.7 Å². The molecule has 0 aromatic carbocycles. The zero-order valence-electron chi connectivity index (χ0n) is 35.7. The van der Waals surface area contributed by atoms with Crippen LogP contribution in [-0.4, -0.2) is 105 Å². The second-order valence-corrected chi connectivity index (χ2v) is 20.0. The molecule has 5 aliphatic carbocycles. The number of esters is 3. The maximum Gasteiger partial charge on any atom is 0.426 e. The highest BCUT2D eigenvalue weighted by Crippen LogP contribution is 2.61. The number of aliphatic hydroxyl groups is 4. The molecule has 22 heteroatoms. The second kappa shape index (κ2) is 17.6. The fourth-order valence-corrected chi connectivity index (χ4v) is 10.8. The Kier molecular flexibility index (Phi) is 14.8. The number of hydrogen-bond donors (Lipinski definition) is 4. The first kappa shape index (κ1) is 53.0. The minimum atomic E-state index is -6.70. The first-order valence-corrected chi connectivity index (χ1v) is 21.0. The molecule has 63 heavy (non-hydrogen) atoms. The molecule has 6 unspecified atom stereocenters. The van der Waals surface area contributed by atoms with Gasteiger partial charge in [-0.25, -0.2) is 0 Å². The van der Waals surface area contributed by atoms with Crippen LogP contribution in [0.15, 0.2) is 0 Å². The van der Waals surface area contributed by atoms with Gasteiger partial charge < -0.3 is 34.6 Å². The maximum atomic E-state index is 14.3. The van der Waals surface area contributed by atoms with E-state index in [0.717, 1.165) is 6.42 Å². The Morgan fingerprint density at radius 2 is 1.08 bits per heavy atom. The van der Waals surface area contributed by atoms with E-state index < -0.39 is 125 Å². The van der Waals surface area contributed by atoms with Gasteiger partial charge in [-0.3, -0.25) is 14.4 Å². The molecule has 366 valence electrons. The van der Waals surface area contributed by atoms with Gasteiger partial charge in [0.05, 0.1) is 28.5 Å². The van der Waals surface area contributed by atoms with Gasteiger partial charge in [-0.05, 0) is 123 Å². The van der Waals surface area contributed by atoms with Crippen LogP contribution in [0.1, 0.15) is 131 Å². The Morgan fingerprint density at radius 3 is 1.49 bits per heavy atom. The van der Waals surface area contributed by atoms with Gasteiger partial charge in [0, 0.05) is 18.3 Å². The molecule has 0 spiro atoms. The normalized spacial score (nSPS) is 30.3. The van der Waals surface area contributed by atoms with E-state index in [-0.39, 0.29) is 63.4 Å². The van der Waals surface area contributed by atoms with E-state index in [4.69, 9.17) is 19.3 Å². The van der Waals surface area contributed by atoms with Crippen LogP contribution in [-0.2, 0) is 28.6 Å². The molecule has 0 aromatic heterocycles. The summed E-state index contributed by atoms with van der Waals surface area (Å²) in [6.07, 6.45) is -32.3. The van der Waals surface area contributed by atoms with Gasteiger partial charge in [0.1, 0.15) is 18.3 Å². The minimum Gasteiger partial charge on any atom is -0.463 e. The van der Waals surface area contributed by atoms with Crippen molar-refractivity contribution in [2.45, 2.75) is 184 Å². The highest BCUT2D eigenvalue weighted by Gasteiger charge is 2.78. The van der Waals surface area contributed by atoms with Crippen LogP contribution in [0.3, 0.4) is 0 Å². The summed E-state index contributed by atoms with van der Waals surface area (Å²) in [5.41, 5.74) is -18.1. The summed E-state index contributed by atoms with van der Waals surface area (Å²) in [6, 6.07) is 0. The number of halogens is 12. The van der Waals surface area contributed by atoms with Crippen molar-refractivity contribution in [1.29, 1.82) is 0 Å². The van der Waals surface area contributed by atoms with Crippen molar-refractivity contribution in [3.63, 3.8) is 0 Å². The molecular weight excluding hydrogens is 880 g/mol. The number of ether oxygens (including phenoxy) is 3. The smallest absolute Gasteiger partial charge is 0.426 e. The fourth-order valence-electron chi connectivity index (χ4n) is 10.8. The Balaban J connectivity index is 1.61. The first-order chi connectivity index (χ1) is 28.4. The lowest BCUT2D eigenvalue weighted by Gasteiger charge is -2.59. The van der Waals surface area contributed by atoms with Gasteiger partial charge in [0.15, 0.2) is 0 Å². The maximum absolute atomic E-state index is 14.3. The first-order valence-electron chi connectivity index (χ1n) is 21.0. The molecule has 5 rings (SSSR count).